The number of carboxylic acids is 1. The minimum Gasteiger partial charge on any atom is -0.508 e. The molecule has 0 heterocycles. The van der Waals surface area contributed by atoms with Crippen LogP contribution in [0.3, 0.4) is 0 Å². The Bertz CT molecular complexity index is 592. The molecule has 0 aromatic heterocycles. The Labute approximate surface area is 135 Å². The van der Waals surface area contributed by atoms with Gasteiger partial charge in [0.15, 0.2) is 0 Å². The molecule has 0 saturated carbocycles. The monoisotopic (exact) mass is 315 g/mol. The number of nitrogens with two attached hydrogens (primary N) is 1. The molecule has 5 N–H and O–H groups in total. The number of hydrogen-bond acceptors (Lipinski definition) is 4. The first kappa shape index (κ1) is 16.8. The van der Waals surface area contributed by atoms with Gasteiger partial charge in [-0.2, -0.15) is 0 Å². The number of phenolic OH excluding ortho intramolecular Hbond substituents is 2. The molecule has 2 rings (SSSR count). The highest BCUT2D eigenvalue weighted by atomic mass is 16.4. The summed E-state index contributed by atoms with van der Waals surface area (Å²) in [4.78, 5) is 10.8. The molecule has 5 nitrogen and oxygen atoms in total. The number of carboxylic acid groups (broad SMARTS) is 1. The third-order valence-electron chi connectivity index (χ3n) is 3.92. The summed E-state index contributed by atoms with van der Waals surface area (Å²) in [5.41, 5.74) is 7.60. The van der Waals surface area contributed by atoms with Crippen molar-refractivity contribution in [2.24, 2.45) is 5.73 Å². The van der Waals surface area contributed by atoms with Gasteiger partial charge in [0.05, 0.1) is 0 Å². The van der Waals surface area contributed by atoms with Crippen LogP contribution in [0, 0.1) is 0 Å². The molecule has 0 spiro atoms. The van der Waals surface area contributed by atoms with Gasteiger partial charge in [0.25, 0.3) is 0 Å². The first-order valence-electron chi connectivity index (χ1n) is 7.53. The summed E-state index contributed by atoms with van der Waals surface area (Å²) >= 11 is 0. The quantitative estimate of drug-likeness (QED) is 0.629. The number of hydrogen-bond donors (Lipinski definition) is 4. The van der Waals surface area contributed by atoms with E-state index in [0.717, 1.165) is 17.5 Å². The van der Waals surface area contributed by atoms with Crippen molar-refractivity contribution in [1.29, 1.82) is 0 Å². The lowest BCUT2D eigenvalue weighted by atomic mass is 9.86. The van der Waals surface area contributed by atoms with E-state index in [1.54, 1.807) is 24.3 Å². The van der Waals surface area contributed by atoms with Crippen molar-refractivity contribution in [3.63, 3.8) is 0 Å². The topological polar surface area (TPSA) is 104 Å². The molecule has 0 saturated heterocycles. The molecule has 0 fully saturated rings. The molecule has 23 heavy (non-hydrogen) atoms. The second-order valence-electron chi connectivity index (χ2n) is 5.61. The van der Waals surface area contributed by atoms with E-state index in [4.69, 9.17) is 10.8 Å². The van der Waals surface area contributed by atoms with Crippen molar-refractivity contribution in [3.8, 4) is 11.5 Å². The van der Waals surface area contributed by atoms with Crippen LogP contribution in [0.4, 0.5) is 0 Å². The second kappa shape index (κ2) is 7.65. The van der Waals surface area contributed by atoms with Crippen molar-refractivity contribution in [3.05, 3.63) is 59.7 Å². The van der Waals surface area contributed by atoms with Gasteiger partial charge in [-0.15, -0.1) is 0 Å². The summed E-state index contributed by atoms with van der Waals surface area (Å²) in [5.74, 6) is -0.537. The normalized spacial score (nSPS) is 12.3. The average Bonchev–Trinajstić information content (AvgIpc) is 2.53. The maximum Gasteiger partial charge on any atom is 0.320 e. The lowest BCUT2D eigenvalue weighted by Gasteiger charge is -2.19. The van der Waals surface area contributed by atoms with E-state index < -0.39 is 12.0 Å². The third-order valence-corrected chi connectivity index (χ3v) is 3.92. The molecule has 2 aromatic rings. The molecule has 122 valence electrons. The zero-order valence-corrected chi connectivity index (χ0v) is 12.7. The Morgan fingerprint density at radius 1 is 0.870 bits per heavy atom. The van der Waals surface area contributed by atoms with Gasteiger partial charge >= 0.3 is 5.97 Å². The van der Waals surface area contributed by atoms with E-state index in [-0.39, 0.29) is 17.4 Å². The van der Waals surface area contributed by atoms with Crippen LogP contribution < -0.4 is 5.73 Å². The van der Waals surface area contributed by atoms with Gasteiger partial charge in [-0.1, -0.05) is 30.7 Å². The van der Waals surface area contributed by atoms with E-state index in [1.165, 1.54) is 0 Å². The molecule has 1 unspecified atom stereocenters. The standard InChI is InChI=1S/C18H21NO4/c19-17(18(22)23)3-1-2-16(12-4-8-14(20)9-5-12)13-6-10-15(21)11-7-13/h4-11,16-17,20-21H,1-3,19H2,(H,22,23). The Balaban J connectivity index is 2.16. The lowest BCUT2D eigenvalue weighted by Crippen LogP contribution is -2.29. The highest BCUT2D eigenvalue weighted by molar-refractivity contribution is 5.72. The third kappa shape index (κ3) is 4.72. The zero-order valence-electron chi connectivity index (χ0n) is 12.7. The highest BCUT2D eigenvalue weighted by Gasteiger charge is 2.17. The van der Waals surface area contributed by atoms with Gasteiger partial charge in [-0.3, -0.25) is 4.79 Å². The minimum atomic E-state index is -0.990. The molecule has 0 aliphatic carbocycles. The first-order chi connectivity index (χ1) is 11.0. The molecule has 0 bridgehead atoms. The lowest BCUT2D eigenvalue weighted by molar-refractivity contribution is -0.138. The van der Waals surface area contributed by atoms with Crippen LogP contribution in [0.15, 0.2) is 48.5 Å². The van der Waals surface area contributed by atoms with E-state index in [1.807, 2.05) is 24.3 Å². The van der Waals surface area contributed by atoms with Gasteiger partial charge < -0.3 is 21.1 Å². The Kier molecular flexibility index (Phi) is 5.60. The maximum absolute atomic E-state index is 10.8. The molecular weight excluding hydrogens is 294 g/mol. The van der Waals surface area contributed by atoms with Gasteiger partial charge in [-0.25, -0.2) is 0 Å². The van der Waals surface area contributed by atoms with Crippen LogP contribution in [-0.4, -0.2) is 27.3 Å². The smallest absolute Gasteiger partial charge is 0.320 e. The minimum absolute atomic E-state index is 0.0530. The number of phenols is 2. The number of rotatable bonds is 7. The average molecular weight is 315 g/mol. The molecule has 0 amide bonds. The predicted octanol–water partition coefficient (Wildman–Crippen LogP) is 2.81. The van der Waals surface area contributed by atoms with E-state index in [9.17, 15) is 15.0 Å². The number of benzene rings is 2. The van der Waals surface area contributed by atoms with Gasteiger partial charge in [0.1, 0.15) is 17.5 Å². The first-order valence-corrected chi connectivity index (χ1v) is 7.53. The predicted molar refractivity (Wildman–Crippen MR) is 87.5 cm³/mol. The number of carbonyl (C=O) groups is 1. The fourth-order valence-corrected chi connectivity index (χ4v) is 2.60. The molecule has 1 atom stereocenters. The number of aliphatic carboxylic acids is 1. The van der Waals surface area contributed by atoms with Crippen LogP contribution in [0.1, 0.15) is 36.3 Å². The van der Waals surface area contributed by atoms with Gasteiger partial charge in [-0.05, 0) is 48.2 Å². The molecule has 0 aliphatic heterocycles. The van der Waals surface area contributed by atoms with Crippen LogP contribution >= 0.6 is 0 Å². The maximum atomic E-state index is 10.8. The SMILES string of the molecule is NC(CCCC(c1ccc(O)cc1)c1ccc(O)cc1)C(=O)O. The Morgan fingerprint density at radius 3 is 1.70 bits per heavy atom. The summed E-state index contributed by atoms with van der Waals surface area (Å²) in [6.45, 7) is 0. The summed E-state index contributed by atoms with van der Waals surface area (Å²) in [6, 6.07) is 13.1. The van der Waals surface area contributed by atoms with Crippen molar-refractivity contribution >= 4 is 5.97 Å². The fraction of sp³-hybridized carbons (Fsp3) is 0.278. The summed E-state index contributed by atoms with van der Waals surface area (Å²) < 4.78 is 0. The number of aromatic hydroxyl groups is 2. The summed E-state index contributed by atoms with van der Waals surface area (Å²) in [7, 11) is 0. The largest absolute Gasteiger partial charge is 0.508 e. The highest BCUT2D eigenvalue weighted by Crippen LogP contribution is 2.31. The van der Waals surface area contributed by atoms with Crippen LogP contribution in [0.2, 0.25) is 0 Å². The summed E-state index contributed by atoms with van der Waals surface area (Å²) in [6.07, 6.45) is 1.80. The second-order valence-corrected chi connectivity index (χ2v) is 5.61. The Hall–Kier alpha value is -2.53. The molecule has 0 aliphatic rings. The van der Waals surface area contributed by atoms with Crippen LogP contribution in [-0.2, 0) is 4.79 Å². The van der Waals surface area contributed by atoms with E-state index >= 15 is 0 Å². The van der Waals surface area contributed by atoms with Crippen molar-refractivity contribution in [2.45, 2.75) is 31.2 Å². The molecule has 2 aromatic carbocycles. The zero-order chi connectivity index (χ0) is 16.8. The molecule has 0 radical (unpaired) electrons. The fourth-order valence-electron chi connectivity index (χ4n) is 2.60. The van der Waals surface area contributed by atoms with E-state index in [0.29, 0.717) is 12.8 Å². The molecule has 5 heteroatoms. The van der Waals surface area contributed by atoms with Crippen LogP contribution in [0.25, 0.3) is 0 Å². The van der Waals surface area contributed by atoms with E-state index in [2.05, 4.69) is 0 Å². The Morgan fingerprint density at radius 2 is 1.30 bits per heavy atom. The molecular formula is C18H21NO4. The van der Waals surface area contributed by atoms with Gasteiger partial charge in [0.2, 0.25) is 0 Å². The summed E-state index contributed by atoms with van der Waals surface area (Å²) in [5, 5.41) is 27.7. The van der Waals surface area contributed by atoms with Crippen molar-refractivity contribution in [2.75, 3.05) is 0 Å². The van der Waals surface area contributed by atoms with Crippen molar-refractivity contribution in [1.82, 2.24) is 0 Å². The van der Waals surface area contributed by atoms with Crippen LogP contribution in [0.5, 0.6) is 11.5 Å². The van der Waals surface area contributed by atoms with Gasteiger partial charge in [0, 0.05) is 5.92 Å². The van der Waals surface area contributed by atoms with Crippen molar-refractivity contribution < 1.29 is 20.1 Å².